The number of nitrogens with zero attached hydrogens (tertiary/aromatic N) is 1. The molecule has 0 fully saturated rings. The van der Waals surface area contributed by atoms with Crippen molar-refractivity contribution in [1.82, 2.24) is 0 Å². The Morgan fingerprint density at radius 1 is 1.29 bits per heavy atom. The predicted molar refractivity (Wildman–Crippen MR) is 16.1 cm³/mol. The topological polar surface area (TPSA) is 66.2 Å². The van der Waals surface area contributed by atoms with Gasteiger partial charge in [0.1, 0.15) is 0 Å². The maximum Gasteiger partial charge on any atom is 2.00 e. The molecule has 0 aromatic heterocycles. The van der Waals surface area contributed by atoms with Crippen LogP contribution in [0.5, 0.6) is 0 Å². The fourth-order valence-electron chi connectivity index (χ4n) is 0. The smallest absolute Gasteiger partial charge is 1.00 e. The van der Waals surface area contributed by atoms with E-state index in [1.807, 2.05) is 0 Å². The van der Waals surface area contributed by atoms with Gasteiger partial charge in [-0.3, -0.25) is 0 Å². The molecule has 0 saturated heterocycles. The van der Waals surface area contributed by atoms with Gasteiger partial charge in [-0.1, -0.05) is 0 Å². The number of halogens is 1. The van der Waals surface area contributed by atoms with E-state index >= 15 is 0 Å². The summed E-state index contributed by atoms with van der Waals surface area (Å²) >= 11 is 0. The van der Waals surface area contributed by atoms with E-state index in [2.05, 4.69) is 0 Å². The van der Waals surface area contributed by atoms with Crippen molar-refractivity contribution in [3.63, 3.8) is 0 Å². The van der Waals surface area contributed by atoms with Crippen LogP contribution in [0.3, 0.4) is 0 Å². The van der Waals surface area contributed by atoms with Crippen LogP contribution in [0.15, 0.2) is 0 Å². The molecule has 32 valence electrons. The van der Waals surface area contributed by atoms with Crippen LogP contribution >= 0.6 is 0 Å². The summed E-state index contributed by atoms with van der Waals surface area (Å²) in [6.07, 6.45) is 0. The maximum atomic E-state index is 8.25. The Hall–Kier alpha value is 2.39. The van der Waals surface area contributed by atoms with Crippen LogP contribution in [0.25, 0.3) is 0 Å². The second-order valence-electron chi connectivity index (χ2n) is 0.224. The van der Waals surface area contributed by atoms with Crippen molar-refractivity contribution in [2.45, 2.75) is 0 Å². The zero-order valence-corrected chi connectivity index (χ0v) is 9.84. The van der Waals surface area contributed by atoms with Gasteiger partial charge in [0.15, 0.2) is 0 Å². The minimum absolute atomic E-state index is 0. The van der Waals surface area contributed by atoms with Gasteiger partial charge in [-0.15, -0.1) is 0 Å². The zero-order valence-electron chi connectivity index (χ0n) is 3.76. The third kappa shape index (κ3) is 60.1. The third-order valence-corrected chi connectivity index (χ3v) is 0. The van der Waals surface area contributed by atoms with E-state index in [4.69, 9.17) is 15.3 Å². The second kappa shape index (κ2) is 15.8. The quantitative estimate of drug-likeness (QED) is 0.209. The molecule has 0 N–H and O–H groups in total. The first-order valence-electron chi connectivity index (χ1n) is 0.548. The minimum atomic E-state index is -1.75. The molecule has 0 radical (unpaired) electrons. The number of rotatable bonds is 0. The van der Waals surface area contributed by atoms with E-state index in [9.17, 15) is 0 Å². The average Bonchev–Trinajstić information content (AvgIpc) is 0.811. The van der Waals surface area contributed by atoms with Crippen molar-refractivity contribution in [3.8, 4) is 0 Å². The van der Waals surface area contributed by atoms with Crippen LogP contribution in [0.2, 0.25) is 0 Å². The third-order valence-electron chi connectivity index (χ3n) is 0. The van der Waals surface area contributed by atoms with Crippen LogP contribution in [0.4, 0.5) is 0 Å². The summed E-state index contributed by atoms with van der Waals surface area (Å²) in [5.74, 6) is 0. The standard InChI is InChI=1S/Ca.ClH.K.NO3/c;;;2-1(3)4/h;1H;;/q+2;;+1;-1/p-1. The molecular weight excluding hydrogens is 177 g/mol. The molecule has 0 bridgehead atoms. The maximum absolute atomic E-state index is 8.25. The normalized spacial score (nSPS) is 3.43. The summed E-state index contributed by atoms with van der Waals surface area (Å²) < 4.78 is 0. The molecule has 0 aliphatic rings. The van der Waals surface area contributed by atoms with E-state index in [1.54, 1.807) is 0 Å². The van der Waals surface area contributed by atoms with Crippen LogP contribution in [-0.4, -0.2) is 42.8 Å². The summed E-state index contributed by atoms with van der Waals surface area (Å²) in [4.78, 5) is 8.25. The van der Waals surface area contributed by atoms with E-state index in [0.717, 1.165) is 0 Å². The molecular formula is CaClKNO3+. The Morgan fingerprint density at radius 3 is 1.29 bits per heavy atom. The molecule has 0 aliphatic carbocycles. The Morgan fingerprint density at radius 2 is 1.29 bits per heavy atom. The van der Waals surface area contributed by atoms with Gasteiger partial charge in [-0.2, -0.15) is 0 Å². The molecule has 0 heterocycles. The van der Waals surface area contributed by atoms with Gasteiger partial charge < -0.3 is 27.7 Å². The van der Waals surface area contributed by atoms with Crippen molar-refractivity contribution in [2.24, 2.45) is 0 Å². The Balaban J connectivity index is -0.0000000150. The monoisotopic (exact) mass is 176 g/mol. The SMILES string of the molecule is O=[N+]([O-])[O-].[Ca+2].[Cl-].[K+]. The molecule has 0 atom stereocenters. The first-order chi connectivity index (χ1) is 1.73. The molecule has 0 amide bonds. The fraction of sp³-hybridized carbons (Fsp3) is 0. The molecule has 4 nitrogen and oxygen atoms in total. The summed E-state index contributed by atoms with van der Waals surface area (Å²) in [7, 11) is 0. The summed E-state index contributed by atoms with van der Waals surface area (Å²) in [6, 6.07) is 0. The fourth-order valence-corrected chi connectivity index (χ4v) is 0. The first-order valence-corrected chi connectivity index (χ1v) is 0.548. The van der Waals surface area contributed by atoms with Crippen LogP contribution in [0, 0.1) is 15.3 Å². The van der Waals surface area contributed by atoms with Gasteiger partial charge in [0.05, 0.1) is 5.09 Å². The van der Waals surface area contributed by atoms with Crippen molar-refractivity contribution >= 4 is 37.7 Å². The summed E-state index contributed by atoms with van der Waals surface area (Å²) in [5.41, 5.74) is 0. The molecule has 7 heteroatoms. The second-order valence-corrected chi connectivity index (χ2v) is 0.224. The van der Waals surface area contributed by atoms with Gasteiger partial charge in [-0.25, -0.2) is 0 Å². The van der Waals surface area contributed by atoms with E-state index < -0.39 is 5.09 Å². The van der Waals surface area contributed by atoms with Crippen LogP contribution < -0.4 is 63.8 Å². The van der Waals surface area contributed by atoms with E-state index in [1.165, 1.54) is 0 Å². The molecule has 7 heavy (non-hydrogen) atoms. The minimum Gasteiger partial charge on any atom is -1.00 e. The molecule has 0 saturated carbocycles. The predicted octanol–water partition coefficient (Wildman–Crippen LogP) is -6.61. The molecule has 0 rings (SSSR count). The van der Waals surface area contributed by atoms with E-state index in [0.29, 0.717) is 0 Å². The molecule has 0 spiro atoms. The van der Waals surface area contributed by atoms with E-state index in [-0.39, 0.29) is 102 Å². The van der Waals surface area contributed by atoms with Gasteiger partial charge in [0.25, 0.3) is 0 Å². The Kier molecular flexibility index (Phi) is 51.3. The number of hydrogen-bond donors (Lipinski definition) is 0. The summed E-state index contributed by atoms with van der Waals surface area (Å²) in [5, 5.41) is 14.8. The summed E-state index contributed by atoms with van der Waals surface area (Å²) in [6.45, 7) is 0. The van der Waals surface area contributed by atoms with Crippen molar-refractivity contribution < 1.29 is 68.9 Å². The van der Waals surface area contributed by atoms with Crippen LogP contribution in [0.1, 0.15) is 0 Å². The molecule has 0 aromatic rings. The molecule has 0 aromatic carbocycles. The molecule has 0 unspecified atom stereocenters. The average molecular weight is 177 g/mol. The zero-order chi connectivity index (χ0) is 3.58. The largest absolute Gasteiger partial charge is 2.00 e. The first kappa shape index (κ1) is 22.8. The van der Waals surface area contributed by atoms with Gasteiger partial charge >= 0.3 is 89.1 Å². The van der Waals surface area contributed by atoms with Gasteiger partial charge in [0, 0.05) is 0 Å². The molecule has 0 aliphatic heterocycles. The van der Waals surface area contributed by atoms with Gasteiger partial charge in [-0.05, 0) is 0 Å². The number of hydrogen-bond acceptors (Lipinski definition) is 3. The van der Waals surface area contributed by atoms with Crippen LogP contribution in [-0.2, 0) is 0 Å². The van der Waals surface area contributed by atoms with Gasteiger partial charge in [0.2, 0.25) is 0 Å². The Labute approximate surface area is 119 Å². The Bertz CT molecular complexity index is 37.9. The van der Waals surface area contributed by atoms with Crippen molar-refractivity contribution in [3.05, 3.63) is 15.3 Å². The van der Waals surface area contributed by atoms with Crippen molar-refractivity contribution in [2.75, 3.05) is 0 Å². The van der Waals surface area contributed by atoms with Crippen molar-refractivity contribution in [1.29, 1.82) is 0 Å².